The van der Waals surface area contributed by atoms with Crippen molar-refractivity contribution in [3.63, 3.8) is 0 Å². The normalized spacial score (nSPS) is 11.8. The molecule has 2 amide bonds. The Kier molecular flexibility index (Phi) is 7.67. The van der Waals surface area contributed by atoms with Crippen molar-refractivity contribution in [2.45, 2.75) is 31.7 Å². The number of carbonyl (C=O) groups excluding carboxylic acids is 2. The second-order valence-electron chi connectivity index (χ2n) is 7.38. The summed E-state index contributed by atoms with van der Waals surface area (Å²) >= 11 is 0. The minimum Gasteiger partial charge on any atom is -0.344 e. The Morgan fingerprint density at radius 3 is 2.35 bits per heavy atom. The summed E-state index contributed by atoms with van der Waals surface area (Å²) in [5.41, 5.74) is 6.58. The number of nitrogens with two attached hydrogens (primary N) is 1. The summed E-state index contributed by atoms with van der Waals surface area (Å²) in [5, 5.41) is 7.61. The van der Waals surface area contributed by atoms with Gasteiger partial charge in [-0.1, -0.05) is 30.3 Å². The van der Waals surface area contributed by atoms with E-state index >= 15 is 0 Å². The number of anilines is 1. The van der Waals surface area contributed by atoms with E-state index in [2.05, 4.69) is 10.6 Å². The van der Waals surface area contributed by atoms with E-state index in [9.17, 15) is 18.4 Å². The van der Waals surface area contributed by atoms with Crippen molar-refractivity contribution < 1.29 is 18.4 Å². The third kappa shape index (κ3) is 6.58. The number of hydrogen-bond acceptors (Lipinski definition) is 3. The largest absolute Gasteiger partial charge is 0.344 e. The Hall–Kier alpha value is -3.32. The van der Waals surface area contributed by atoms with Crippen LogP contribution in [-0.4, -0.2) is 24.4 Å². The van der Waals surface area contributed by atoms with Gasteiger partial charge in [-0.25, -0.2) is 8.78 Å². The molecule has 0 aliphatic rings. The maximum Gasteiger partial charge on any atom is 0.246 e. The number of nitrogens with one attached hydrogen (secondary N) is 2. The van der Waals surface area contributed by atoms with Gasteiger partial charge in [0.1, 0.15) is 17.7 Å². The smallest absolute Gasteiger partial charge is 0.246 e. The number of halogens is 2. The molecule has 0 spiro atoms. The minimum absolute atomic E-state index is 0.00523. The van der Waals surface area contributed by atoms with E-state index in [0.29, 0.717) is 30.6 Å². The molecule has 3 aromatic carbocycles. The summed E-state index contributed by atoms with van der Waals surface area (Å²) in [7, 11) is 0. The van der Waals surface area contributed by atoms with E-state index in [0.717, 1.165) is 16.8 Å². The molecular weight excluding hydrogens is 400 g/mol. The molecule has 3 rings (SSSR count). The molecule has 0 fully saturated rings. The first-order chi connectivity index (χ1) is 14.9. The maximum atomic E-state index is 13.3. The van der Waals surface area contributed by atoms with Gasteiger partial charge in [0.05, 0.1) is 0 Å². The molecule has 162 valence electrons. The quantitative estimate of drug-likeness (QED) is 0.486. The Labute approximate surface area is 179 Å². The van der Waals surface area contributed by atoms with E-state index < -0.39 is 17.7 Å². The molecular formula is C24H25F2N3O2. The first-order valence-electron chi connectivity index (χ1n) is 10.2. The van der Waals surface area contributed by atoms with Gasteiger partial charge < -0.3 is 16.4 Å². The lowest BCUT2D eigenvalue weighted by molar-refractivity contribution is -0.126. The lowest BCUT2D eigenvalue weighted by Crippen LogP contribution is -2.44. The summed E-state index contributed by atoms with van der Waals surface area (Å²) in [6.07, 6.45) is 1.11. The van der Waals surface area contributed by atoms with E-state index in [1.807, 2.05) is 36.4 Å². The summed E-state index contributed by atoms with van der Waals surface area (Å²) in [6, 6.07) is 15.8. The SMILES string of the molecule is NCCC[C@H](NC(=O)CCc1cc(F)cc(F)c1)C(=O)Nc1ccc2ccccc2c1. The van der Waals surface area contributed by atoms with Gasteiger partial charge in [-0.15, -0.1) is 0 Å². The van der Waals surface area contributed by atoms with E-state index in [1.165, 1.54) is 12.1 Å². The molecule has 7 heteroatoms. The molecule has 0 saturated heterocycles. The van der Waals surface area contributed by atoms with Gasteiger partial charge >= 0.3 is 0 Å². The van der Waals surface area contributed by atoms with Crippen molar-refractivity contribution in [2.24, 2.45) is 5.73 Å². The van der Waals surface area contributed by atoms with Gasteiger partial charge in [0.2, 0.25) is 11.8 Å². The highest BCUT2D eigenvalue weighted by molar-refractivity contribution is 5.99. The van der Waals surface area contributed by atoms with Gasteiger partial charge in [-0.2, -0.15) is 0 Å². The minimum atomic E-state index is -0.758. The van der Waals surface area contributed by atoms with Crippen LogP contribution in [0.5, 0.6) is 0 Å². The van der Waals surface area contributed by atoms with E-state index in [-0.39, 0.29) is 24.7 Å². The monoisotopic (exact) mass is 425 g/mol. The maximum absolute atomic E-state index is 13.3. The fraction of sp³-hybridized carbons (Fsp3) is 0.250. The Morgan fingerprint density at radius 2 is 1.65 bits per heavy atom. The second kappa shape index (κ2) is 10.6. The molecule has 0 aliphatic carbocycles. The van der Waals surface area contributed by atoms with Crippen LogP contribution in [0.1, 0.15) is 24.8 Å². The first kappa shape index (κ1) is 22.4. The molecule has 0 aromatic heterocycles. The number of benzene rings is 3. The highest BCUT2D eigenvalue weighted by Crippen LogP contribution is 2.19. The summed E-state index contributed by atoms with van der Waals surface area (Å²) in [5.74, 6) is -2.09. The highest BCUT2D eigenvalue weighted by Gasteiger charge is 2.20. The van der Waals surface area contributed by atoms with Gasteiger partial charge in [0, 0.05) is 18.2 Å². The highest BCUT2D eigenvalue weighted by atomic mass is 19.1. The number of aryl methyl sites for hydroxylation is 1. The van der Waals surface area contributed by atoms with Crippen molar-refractivity contribution in [3.05, 3.63) is 77.9 Å². The van der Waals surface area contributed by atoms with Crippen molar-refractivity contribution >= 4 is 28.3 Å². The Balaban J connectivity index is 1.62. The summed E-state index contributed by atoms with van der Waals surface area (Å²) < 4.78 is 26.6. The number of rotatable bonds is 9. The predicted molar refractivity (Wildman–Crippen MR) is 117 cm³/mol. The zero-order valence-electron chi connectivity index (χ0n) is 17.0. The molecule has 1 atom stereocenters. The lowest BCUT2D eigenvalue weighted by Gasteiger charge is -2.18. The number of amides is 2. The molecule has 0 saturated carbocycles. The molecule has 0 unspecified atom stereocenters. The van der Waals surface area contributed by atoms with Gasteiger partial charge in [-0.05, 0) is 66.4 Å². The first-order valence-corrected chi connectivity index (χ1v) is 10.2. The van der Waals surface area contributed by atoms with Crippen LogP contribution in [0.4, 0.5) is 14.5 Å². The third-order valence-corrected chi connectivity index (χ3v) is 4.93. The number of fused-ring (bicyclic) bond motifs is 1. The zero-order valence-corrected chi connectivity index (χ0v) is 17.0. The molecule has 31 heavy (non-hydrogen) atoms. The van der Waals surface area contributed by atoms with Crippen LogP contribution in [0.2, 0.25) is 0 Å². The fourth-order valence-corrected chi connectivity index (χ4v) is 3.37. The molecule has 0 aliphatic heterocycles. The zero-order chi connectivity index (χ0) is 22.2. The summed E-state index contributed by atoms with van der Waals surface area (Å²) in [6.45, 7) is 0.387. The van der Waals surface area contributed by atoms with Crippen molar-refractivity contribution in [2.75, 3.05) is 11.9 Å². The average molecular weight is 425 g/mol. The van der Waals surface area contributed by atoms with Crippen LogP contribution in [0.3, 0.4) is 0 Å². The van der Waals surface area contributed by atoms with Crippen LogP contribution >= 0.6 is 0 Å². The standard InChI is InChI=1S/C24H25F2N3O2/c25-19-12-16(13-20(26)15-19)7-10-23(30)29-22(6-3-11-27)24(31)28-21-9-8-17-4-1-2-5-18(17)14-21/h1-2,4-5,8-9,12-15,22H,3,6-7,10-11,27H2,(H,28,31)(H,29,30)/t22-/m0/s1. The molecule has 4 N–H and O–H groups in total. The van der Waals surface area contributed by atoms with Gasteiger partial charge in [0.25, 0.3) is 0 Å². The molecule has 0 radical (unpaired) electrons. The van der Waals surface area contributed by atoms with E-state index in [4.69, 9.17) is 5.73 Å². The van der Waals surface area contributed by atoms with E-state index in [1.54, 1.807) is 6.07 Å². The van der Waals surface area contributed by atoms with Crippen molar-refractivity contribution in [3.8, 4) is 0 Å². The molecule has 0 bridgehead atoms. The Morgan fingerprint density at radius 1 is 0.935 bits per heavy atom. The Bertz CT molecular complexity index is 1050. The molecule has 0 heterocycles. The third-order valence-electron chi connectivity index (χ3n) is 4.93. The van der Waals surface area contributed by atoms with Crippen LogP contribution in [0.25, 0.3) is 10.8 Å². The number of carbonyl (C=O) groups is 2. The second-order valence-corrected chi connectivity index (χ2v) is 7.38. The predicted octanol–water partition coefficient (Wildman–Crippen LogP) is 3.91. The van der Waals surface area contributed by atoms with Crippen LogP contribution in [0.15, 0.2) is 60.7 Å². The topological polar surface area (TPSA) is 84.2 Å². The molecule has 5 nitrogen and oxygen atoms in total. The van der Waals surface area contributed by atoms with Crippen LogP contribution in [-0.2, 0) is 16.0 Å². The van der Waals surface area contributed by atoms with Gasteiger partial charge in [-0.3, -0.25) is 9.59 Å². The van der Waals surface area contributed by atoms with Crippen LogP contribution in [0, 0.1) is 11.6 Å². The lowest BCUT2D eigenvalue weighted by atomic mass is 10.1. The molecule has 3 aromatic rings. The summed E-state index contributed by atoms with van der Waals surface area (Å²) in [4.78, 5) is 25.2. The number of hydrogen-bond donors (Lipinski definition) is 3. The fourth-order valence-electron chi connectivity index (χ4n) is 3.37. The van der Waals surface area contributed by atoms with Gasteiger partial charge in [0.15, 0.2) is 0 Å². The van der Waals surface area contributed by atoms with Crippen molar-refractivity contribution in [1.82, 2.24) is 5.32 Å². The average Bonchev–Trinajstić information content (AvgIpc) is 2.74. The van der Waals surface area contributed by atoms with Crippen LogP contribution < -0.4 is 16.4 Å². The van der Waals surface area contributed by atoms with Crippen molar-refractivity contribution in [1.29, 1.82) is 0 Å².